The number of hydrogen-bond acceptors (Lipinski definition) is 1. The number of hydrogen-bond donors (Lipinski definition) is 0. The minimum Gasteiger partial charge on any atom is -0.256 e. The zero-order valence-corrected chi connectivity index (χ0v) is 16.8. The Morgan fingerprint density at radius 1 is 0.517 bits per heavy atom. The highest BCUT2D eigenvalue weighted by atomic mass is 28.3. The molecule has 1 atom stereocenters. The van der Waals surface area contributed by atoms with Crippen molar-refractivity contribution < 1.29 is 0 Å². The summed E-state index contributed by atoms with van der Waals surface area (Å²) < 4.78 is 0. The molecule has 5 aromatic rings. The first-order valence-electron chi connectivity index (χ1n) is 10.1. The van der Waals surface area contributed by atoms with Gasteiger partial charge in [0.15, 0.2) is 8.07 Å². The molecule has 0 amide bonds. The van der Waals surface area contributed by atoms with E-state index in [4.69, 9.17) is 4.98 Å². The summed E-state index contributed by atoms with van der Waals surface area (Å²) in [6.45, 7) is 0. The van der Waals surface area contributed by atoms with E-state index in [1.165, 1.54) is 53.9 Å². The predicted octanol–water partition coefficient (Wildman–Crippen LogP) is 3.57. The van der Waals surface area contributed by atoms with Crippen LogP contribution in [0.1, 0.15) is 0 Å². The van der Waals surface area contributed by atoms with E-state index < -0.39 is 8.07 Å². The molecule has 0 aliphatic carbocycles. The third-order valence-corrected chi connectivity index (χ3v) is 11.7. The van der Waals surface area contributed by atoms with Crippen LogP contribution in [-0.2, 0) is 0 Å². The largest absolute Gasteiger partial charge is 0.256 e. The molecule has 1 spiro atoms. The smallest absolute Gasteiger partial charge is 0.183 e. The van der Waals surface area contributed by atoms with Gasteiger partial charge in [-0.25, -0.2) is 0 Å². The Hall–Kier alpha value is -3.49. The first kappa shape index (κ1) is 15.4. The van der Waals surface area contributed by atoms with E-state index in [9.17, 15) is 0 Å². The van der Waals surface area contributed by atoms with Crippen LogP contribution in [0.15, 0.2) is 103 Å². The quantitative estimate of drug-likeness (QED) is 0.365. The van der Waals surface area contributed by atoms with Gasteiger partial charge in [-0.1, -0.05) is 91.0 Å². The van der Waals surface area contributed by atoms with Gasteiger partial charge in [0.2, 0.25) is 0 Å². The fraction of sp³-hybridized carbons (Fsp3) is 0. The Kier molecular flexibility index (Phi) is 2.82. The Morgan fingerprint density at radius 2 is 1.21 bits per heavy atom. The number of fused-ring (bicyclic) bond motifs is 12. The molecule has 29 heavy (non-hydrogen) atoms. The molecule has 2 aliphatic rings. The number of pyridine rings is 1. The van der Waals surface area contributed by atoms with Gasteiger partial charge in [-0.3, -0.25) is 4.98 Å². The van der Waals surface area contributed by atoms with Gasteiger partial charge < -0.3 is 0 Å². The van der Waals surface area contributed by atoms with Crippen molar-refractivity contribution in [3.63, 3.8) is 0 Å². The molecule has 0 fully saturated rings. The molecule has 2 heteroatoms. The molecule has 2 aliphatic heterocycles. The number of aromatic nitrogens is 1. The molecule has 0 bridgehead atoms. The summed E-state index contributed by atoms with van der Waals surface area (Å²) in [5, 5.41) is 8.60. The molecule has 0 saturated carbocycles. The highest BCUT2D eigenvalue weighted by molar-refractivity contribution is 7.24. The maximum Gasteiger partial charge on any atom is 0.183 e. The molecule has 1 unspecified atom stereocenters. The third kappa shape index (κ3) is 1.70. The van der Waals surface area contributed by atoms with E-state index in [0.717, 1.165) is 0 Å². The van der Waals surface area contributed by atoms with Gasteiger partial charge in [0.05, 0.1) is 5.69 Å². The normalized spacial score (nSPS) is 17.8. The summed E-state index contributed by atoms with van der Waals surface area (Å²) in [6.07, 6.45) is 1.94. The van der Waals surface area contributed by atoms with Crippen LogP contribution in [-0.4, -0.2) is 13.1 Å². The predicted molar refractivity (Wildman–Crippen MR) is 123 cm³/mol. The van der Waals surface area contributed by atoms with Gasteiger partial charge in [-0.2, -0.15) is 0 Å². The van der Waals surface area contributed by atoms with Crippen molar-refractivity contribution in [1.82, 2.24) is 4.98 Å². The highest BCUT2D eigenvalue weighted by Gasteiger charge is 2.54. The summed E-state index contributed by atoms with van der Waals surface area (Å²) in [7, 11) is -2.33. The molecule has 3 heterocycles. The lowest BCUT2D eigenvalue weighted by Crippen LogP contribution is -2.70. The second-order valence-electron chi connectivity index (χ2n) is 7.95. The molecular weight excluding hydrogens is 366 g/mol. The van der Waals surface area contributed by atoms with E-state index in [1.54, 1.807) is 0 Å². The maximum atomic E-state index is 4.86. The van der Waals surface area contributed by atoms with Gasteiger partial charge in [0.1, 0.15) is 0 Å². The molecule has 0 N–H and O–H groups in total. The van der Waals surface area contributed by atoms with E-state index in [2.05, 4.69) is 97.1 Å². The standard InChI is InChI=1S/C27H17NSi/c1-2-9-19-18(8-1)15-16-24-26(19)20-10-3-5-12-22(20)29(24)23-13-6-4-11-21(23)27-25(29)14-7-17-28-27/h1-17H. The Labute approximate surface area is 170 Å². The zero-order valence-electron chi connectivity index (χ0n) is 15.8. The van der Waals surface area contributed by atoms with Crippen LogP contribution in [0, 0.1) is 0 Å². The van der Waals surface area contributed by atoms with Crippen molar-refractivity contribution in [3.8, 4) is 22.4 Å². The first-order chi connectivity index (χ1) is 14.4. The molecule has 1 aromatic heterocycles. The second-order valence-corrected chi connectivity index (χ2v) is 11.6. The lowest BCUT2D eigenvalue weighted by molar-refractivity contribution is 1.36. The third-order valence-electron chi connectivity index (χ3n) is 6.73. The van der Waals surface area contributed by atoms with E-state index >= 15 is 0 Å². The van der Waals surface area contributed by atoms with Crippen molar-refractivity contribution in [3.05, 3.63) is 103 Å². The Balaban J connectivity index is 1.76. The second kappa shape index (κ2) is 5.31. The molecule has 134 valence electrons. The van der Waals surface area contributed by atoms with Crippen LogP contribution in [0.25, 0.3) is 33.2 Å². The molecule has 0 radical (unpaired) electrons. The van der Waals surface area contributed by atoms with E-state index in [-0.39, 0.29) is 0 Å². The summed E-state index contributed by atoms with van der Waals surface area (Å²) in [6, 6.07) is 36.0. The fourth-order valence-electron chi connectivity index (χ4n) is 5.71. The lowest BCUT2D eigenvalue weighted by atomic mass is 9.98. The average Bonchev–Trinajstić information content (AvgIpc) is 3.27. The molecule has 1 nitrogen and oxygen atoms in total. The number of nitrogens with zero attached hydrogens (tertiary/aromatic N) is 1. The highest BCUT2D eigenvalue weighted by Crippen LogP contribution is 2.38. The van der Waals surface area contributed by atoms with E-state index in [0.29, 0.717) is 0 Å². The van der Waals surface area contributed by atoms with Crippen LogP contribution >= 0.6 is 0 Å². The topological polar surface area (TPSA) is 12.9 Å². The molecule has 4 aromatic carbocycles. The maximum absolute atomic E-state index is 4.86. The van der Waals surface area contributed by atoms with Crippen molar-refractivity contribution >= 4 is 39.6 Å². The van der Waals surface area contributed by atoms with Crippen LogP contribution in [0.2, 0.25) is 0 Å². The van der Waals surface area contributed by atoms with Crippen molar-refractivity contribution in [1.29, 1.82) is 0 Å². The van der Waals surface area contributed by atoms with Crippen LogP contribution in [0.5, 0.6) is 0 Å². The van der Waals surface area contributed by atoms with Gasteiger partial charge in [0.25, 0.3) is 0 Å². The first-order valence-corrected chi connectivity index (χ1v) is 12.1. The number of rotatable bonds is 0. The SMILES string of the molecule is c1ccc2c(c1)-c1ncccc1[Si]21c2ccccc2-c2c1ccc1ccccc21. The molecular formula is C27H17NSi. The van der Waals surface area contributed by atoms with E-state index in [1.807, 2.05) is 6.20 Å². The summed E-state index contributed by atoms with van der Waals surface area (Å²) >= 11 is 0. The van der Waals surface area contributed by atoms with Crippen LogP contribution in [0.3, 0.4) is 0 Å². The van der Waals surface area contributed by atoms with Gasteiger partial charge in [0, 0.05) is 11.8 Å². The van der Waals surface area contributed by atoms with Crippen LogP contribution in [0.4, 0.5) is 0 Å². The van der Waals surface area contributed by atoms with Gasteiger partial charge in [-0.15, -0.1) is 0 Å². The zero-order chi connectivity index (χ0) is 19.0. The van der Waals surface area contributed by atoms with Crippen molar-refractivity contribution in [2.24, 2.45) is 0 Å². The van der Waals surface area contributed by atoms with Gasteiger partial charge in [-0.05, 0) is 48.7 Å². The van der Waals surface area contributed by atoms with Crippen LogP contribution < -0.4 is 20.7 Å². The Bertz CT molecular complexity index is 1420. The summed E-state index contributed by atoms with van der Waals surface area (Å²) in [4.78, 5) is 4.86. The Morgan fingerprint density at radius 3 is 2.10 bits per heavy atom. The van der Waals surface area contributed by atoms with Gasteiger partial charge >= 0.3 is 0 Å². The fourth-order valence-corrected chi connectivity index (χ4v) is 11.2. The minimum absolute atomic E-state index is 1.17. The summed E-state index contributed by atoms with van der Waals surface area (Å²) in [5.74, 6) is 0. The van der Waals surface area contributed by atoms with Crippen molar-refractivity contribution in [2.45, 2.75) is 0 Å². The number of benzene rings is 4. The minimum atomic E-state index is -2.33. The monoisotopic (exact) mass is 383 g/mol. The van der Waals surface area contributed by atoms with Crippen molar-refractivity contribution in [2.75, 3.05) is 0 Å². The molecule has 0 saturated heterocycles. The summed E-state index contributed by atoms with van der Waals surface area (Å²) in [5.41, 5.74) is 5.31. The lowest BCUT2D eigenvalue weighted by Gasteiger charge is -2.27. The molecule has 7 rings (SSSR count). The average molecular weight is 384 g/mol.